The minimum Gasteiger partial charge on any atom is -0.478 e. The van der Waals surface area contributed by atoms with Crippen LogP contribution in [0.25, 0.3) is 16.5 Å². The Morgan fingerprint density at radius 2 is 2.38 bits per heavy atom. The molecule has 0 spiro atoms. The molecule has 1 aromatic carbocycles. The van der Waals surface area contributed by atoms with E-state index in [0.29, 0.717) is 4.47 Å². The molecule has 0 saturated heterocycles. The number of aromatic carboxylic acids is 1. The molecule has 6 heteroatoms. The van der Waals surface area contributed by atoms with Crippen LogP contribution in [0.3, 0.4) is 0 Å². The highest BCUT2D eigenvalue weighted by atomic mass is 79.9. The topological polar surface area (TPSA) is 86.1 Å². The maximum atomic E-state index is 10.7. The molecular formula is C10H8BrN3O2. The van der Waals surface area contributed by atoms with Crippen LogP contribution in [-0.2, 0) is 0 Å². The van der Waals surface area contributed by atoms with Crippen molar-refractivity contribution in [1.29, 1.82) is 0 Å². The number of hydrogen-bond donors (Lipinski definition) is 1. The molecule has 0 atom stereocenters. The number of nitrogens with zero attached hydrogens (tertiary/aromatic N) is 3. The summed E-state index contributed by atoms with van der Waals surface area (Å²) in [7, 11) is 0. The van der Waals surface area contributed by atoms with Gasteiger partial charge >= 0.3 is 5.97 Å². The number of hydrogen-bond acceptors (Lipinski definition) is 2. The standard InChI is InChI=1S/C10H8BrN3O2/c11-9-6-8(10(15)16)4-3-7(9)2-1-5-13-14-12/h1-4,6H,5H2,(H,15,16). The van der Waals surface area contributed by atoms with Crippen LogP contribution >= 0.6 is 15.9 Å². The lowest BCUT2D eigenvalue weighted by Crippen LogP contribution is -1.95. The van der Waals surface area contributed by atoms with Crippen LogP contribution in [0.4, 0.5) is 0 Å². The summed E-state index contributed by atoms with van der Waals surface area (Å²) >= 11 is 3.27. The lowest BCUT2D eigenvalue weighted by Gasteiger charge is -2.00. The molecule has 0 aliphatic carbocycles. The molecule has 1 N–H and O–H groups in total. The van der Waals surface area contributed by atoms with Gasteiger partial charge in [-0.05, 0) is 23.2 Å². The summed E-state index contributed by atoms with van der Waals surface area (Å²) in [5, 5.41) is 12.1. The van der Waals surface area contributed by atoms with Crippen LogP contribution in [0, 0.1) is 0 Å². The summed E-state index contributed by atoms with van der Waals surface area (Å²) in [4.78, 5) is 13.3. The Morgan fingerprint density at radius 1 is 1.62 bits per heavy atom. The Morgan fingerprint density at radius 3 is 2.94 bits per heavy atom. The second kappa shape index (κ2) is 5.95. The van der Waals surface area contributed by atoms with Crippen molar-refractivity contribution in [3.63, 3.8) is 0 Å². The predicted molar refractivity (Wildman–Crippen MR) is 64.1 cm³/mol. The van der Waals surface area contributed by atoms with Gasteiger partial charge in [0.2, 0.25) is 0 Å². The third-order valence-corrected chi connectivity index (χ3v) is 2.48. The van der Waals surface area contributed by atoms with Crippen LogP contribution in [0.15, 0.2) is 33.9 Å². The van der Waals surface area contributed by atoms with E-state index < -0.39 is 5.97 Å². The monoisotopic (exact) mass is 281 g/mol. The smallest absolute Gasteiger partial charge is 0.335 e. The van der Waals surface area contributed by atoms with Crippen molar-refractivity contribution in [3.05, 3.63) is 50.3 Å². The fraction of sp³-hybridized carbons (Fsp3) is 0.100. The second-order valence-electron chi connectivity index (χ2n) is 2.86. The molecule has 1 rings (SSSR count). The van der Waals surface area contributed by atoms with Crippen molar-refractivity contribution in [2.45, 2.75) is 0 Å². The van der Waals surface area contributed by atoms with Gasteiger partial charge in [-0.25, -0.2) is 4.79 Å². The summed E-state index contributed by atoms with van der Waals surface area (Å²) in [6.07, 6.45) is 3.45. The summed E-state index contributed by atoms with van der Waals surface area (Å²) in [5.41, 5.74) is 9.12. The zero-order valence-electron chi connectivity index (χ0n) is 8.17. The number of carbonyl (C=O) groups is 1. The fourth-order valence-corrected chi connectivity index (χ4v) is 1.57. The van der Waals surface area contributed by atoms with Crippen LogP contribution < -0.4 is 0 Å². The van der Waals surface area contributed by atoms with Crippen molar-refractivity contribution in [1.82, 2.24) is 0 Å². The summed E-state index contributed by atoms with van der Waals surface area (Å²) in [6, 6.07) is 4.72. The van der Waals surface area contributed by atoms with Crippen molar-refractivity contribution < 1.29 is 9.90 Å². The molecule has 0 saturated carbocycles. The molecule has 0 aliphatic heterocycles. The average molecular weight is 282 g/mol. The average Bonchev–Trinajstić information content (AvgIpc) is 2.26. The van der Waals surface area contributed by atoms with Crippen molar-refractivity contribution in [2.24, 2.45) is 5.11 Å². The highest BCUT2D eigenvalue weighted by Crippen LogP contribution is 2.20. The van der Waals surface area contributed by atoms with Gasteiger partial charge in [-0.1, -0.05) is 39.3 Å². The van der Waals surface area contributed by atoms with E-state index in [1.807, 2.05) is 0 Å². The molecule has 0 unspecified atom stereocenters. The zero-order valence-corrected chi connectivity index (χ0v) is 9.75. The minimum absolute atomic E-state index is 0.221. The maximum absolute atomic E-state index is 10.7. The van der Waals surface area contributed by atoms with Gasteiger partial charge in [-0.15, -0.1) is 0 Å². The van der Waals surface area contributed by atoms with Crippen molar-refractivity contribution in [2.75, 3.05) is 6.54 Å². The van der Waals surface area contributed by atoms with Gasteiger partial charge in [0.1, 0.15) is 0 Å². The Bertz CT molecular complexity index is 479. The molecule has 0 fully saturated rings. The molecule has 16 heavy (non-hydrogen) atoms. The van der Waals surface area contributed by atoms with Gasteiger partial charge in [0, 0.05) is 15.9 Å². The Labute approximate surface area is 100 Å². The van der Waals surface area contributed by atoms with Gasteiger partial charge in [0.25, 0.3) is 0 Å². The quantitative estimate of drug-likeness (QED) is 0.520. The van der Waals surface area contributed by atoms with Gasteiger partial charge in [-0.3, -0.25) is 0 Å². The van der Waals surface area contributed by atoms with Gasteiger partial charge in [0.05, 0.1) is 5.56 Å². The van der Waals surface area contributed by atoms with Crippen LogP contribution in [0.5, 0.6) is 0 Å². The summed E-state index contributed by atoms with van der Waals surface area (Å²) < 4.78 is 0.685. The SMILES string of the molecule is [N-]=[N+]=NCC=Cc1ccc(C(=O)O)cc1Br. The minimum atomic E-state index is -0.967. The fourth-order valence-electron chi connectivity index (χ4n) is 1.06. The molecule has 82 valence electrons. The third kappa shape index (κ3) is 3.42. The van der Waals surface area contributed by atoms with E-state index >= 15 is 0 Å². The first kappa shape index (κ1) is 12.3. The predicted octanol–water partition coefficient (Wildman–Crippen LogP) is 3.47. The molecular weight excluding hydrogens is 274 g/mol. The number of halogens is 1. The van der Waals surface area contributed by atoms with E-state index in [1.54, 1.807) is 18.2 Å². The van der Waals surface area contributed by atoms with Gasteiger partial charge in [0.15, 0.2) is 0 Å². The number of carboxylic acids is 1. The third-order valence-electron chi connectivity index (χ3n) is 1.80. The molecule has 5 nitrogen and oxygen atoms in total. The van der Waals surface area contributed by atoms with Crippen molar-refractivity contribution in [3.8, 4) is 0 Å². The zero-order chi connectivity index (χ0) is 12.0. The van der Waals surface area contributed by atoms with E-state index in [-0.39, 0.29) is 12.1 Å². The molecule has 0 amide bonds. The Balaban J connectivity index is 2.86. The maximum Gasteiger partial charge on any atom is 0.335 e. The van der Waals surface area contributed by atoms with Crippen LogP contribution in [-0.4, -0.2) is 17.6 Å². The van der Waals surface area contributed by atoms with Gasteiger partial charge in [-0.2, -0.15) is 0 Å². The number of azide groups is 1. The summed E-state index contributed by atoms with van der Waals surface area (Å²) in [6.45, 7) is 0.267. The normalized spacial score (nSPS) is 10.1. The summed E-state index contributed by atoms with van der Waals surface area (Å²) in [5.74, 6) is -0.967. The first-order valence-electron chi connectivity index (χ1n) is 4.35. The molecule has 0 heterocycles. The highest BCUT2D eigenvalue weighted by Gasteiger charge is 2.04. The molecule has 0 radical (unpaired) electrons. The molecule has 0 bridgehead atoms. The molecule has 1 aromatic rings. The Hall–Kier alpha value is -1.78. The van der Waals surface area contributed by atoms with E-state index in [1.165, 1.54) is 12.1 Å². The first-order valence-corrected chi connectivity index (χ1v) is 5.14. The van der Waals surface area contributed by atoms with Crippen LogP contribution in [0.1, 0.15) is 15.9 Å². The highest BCUT2D eigenvalue weighted by molar-refractivity contribution is 9.10. The number of benzene rings is 1. The number of rotatable bonds is 4. The van der Waals surface area contributed by atoms with E-state index in [0.717, 1.165) is 5.56 Å². The second-order valence-corrected chi connectivity index (χ2v) is 3.71. The van der Waals surface area contributed by atoms with Crippen molar-refractivity contribution >= 4 is 28.0 Å². The van der Waals surface area contributed by atoms with Gasteiger partial charge < -0.3 is 5.11 Å². The first-order chi connectivity index (χ1) is 7.65. The Kier molecular flexibility index (Phi) is 4.57. The molecule has 0 aromatic heterocycles. The lowest BCUT2D eigenvalue weighted by atomic mass is 10.1. The van der Waals surface area contributed by atoms with E-state index in [2.05, 4.69) is 26.0 Å². The van der Waals surface area contributed by atoms with E-state index in [4.69, 9.17) is 10.6 Å². The number of carboxylic acid groups (broad SMARTS) is 1. The van der Waals surface area contributed by atoms with Crippen LogP contribution in [0.2, 0.25) is 0 Å². The molecule has 0 aliphatic rings. The largest absolute Gasteiger partial charge is 0.478 e. The van der Waals surface area contributed by atoms with E-state index in [9.17, 15) is 4.79 Å². The lowest BCUT2D eigenvalue weighted by molar-refractivity contribution is 0.0697.